The largest absolute Gasteiger partial charge is 0.388 e. The molecule has 1 aliphatic rings. The number of ether oxygens (including phenoxy) is 2. The zero-order chi connectivity index (χ0) is 16.1. The number of methoxy groups -OCH3 is 1. The number of likely N-dealkylation sites (N-methyl/N-ethyl adjacent to an activating group) is 1. The molecule has 22 heavy (non-hydrogen) atoms. The molecule has 3 atom stereocenters. The van der Waals surface area contributed by atoms with Crippen molar-refractivity contribution in [1.29, 1.82) is 0 Å². The molecule has 6 heteroatoms. The van der Waals surface area contributed by atoms with Gasteiger partial charge in [0.25, 0.3) is 0 Å². The van der Waals surface area contributed by atoms with Crippen molar-refractivity contribution in [2.45, 2.75) is 18.2 Å². The van der Waals surface area contributed by atoms with Gasteiger partial charge in [0.05, 0.1) is 19.3 Å². The fourth-order valence-corrected chi connectivity index (χ4v) is 2.35. The number of carbonyl (C=O) groups is 1. The SMILES string of the molecule is CO[C@@H]1COC[C@@H](N(C)C(=O)/C=C/c2ccccc2F)[C@@H]1O. The Morgan fingerprint density at radius 2 is 2.18 bits per heavy atom. The van der Waals surface area contributed by atoms with Crippen LogP contribution in [0.25, 0.3) is 6.08 Å². The maximum atomic E-state index is 13.5. The highest BCUT2D eigenvalue weighted by Crippen LogP contribution is 2.17. The molecular weight excluding hydrogens is 289 g/mol. The first-order chi connectivity index (χ1) is 10.5. The van der Waals surface area contributed by atoms with Gasteiger partial charge in [-0.3, -0.25) is 4.79 Å². The molecule has 1 saturated heterocycles. The summed E-state index contributed by atoms with van der Waals surface area (Å²) in [6.07, 6.45) is 1.40. The molecule has 1 aliphatic heterocycles. The Morgan fingerprint density at radius 1 is 1.45 bits per heavy atom. The monoisotopic (exact) mass is 309 g/mol. The number of hydrogen-bond donors (Lipinski definition) is 1. The van der Waals surface area contributed by atoms with E-state index < -0.39 is 24.1 Å². The van der Waals surface area contributed by atoms with Gasteiger partial charge >= 0.3 is 0 Å². The number of rotatable bonds is 4. The van der Waals surface area contributed by atoms with Crippen LogP contribution in [0.5, 0.6) is 0 Å². The van der Waals surface area contributed by atoms with Gasteiger partial charge in [0.2, 0.25) is 5.91 Å². The molecule has 0 aromatic heterocycles. The first kappa shape index (κ1) is 16.6. The number of amides is 1. The molecule has 1 aromatic carbocycles. The molecule has 0 unspecified atom stereocenters. The number of aliphatic hydroxyl groups excluding tert-OH is 1. The number of carbonyl (C=O) groups excluding carboxylic acids is 1. The van der Waals surface area contributed by atoms with Crippen LogP contribution in [0.3, 0.4) is 0 Å². The van der Waals surface area contributed by atoms with Gasteiger partial charge in [-0.1, -0.05) is 18.2 Å². The van der Waals surface area contributed by atoms with E-state index in [0.717, 1.165) is 0 Å². The van der Waals surface area contributed by atoms with Crippen molar-refractivity contribution in [3.05, 3.63) is 41.7 Å². The highest BCUT2D eigenvalue weighted by atomic mass is 19.1. The minimum atomic E-state index is -0.824. The quantitative estimate of drug-likeness (QED) is 0.845. The second kappa shape index (κ2) is 7.49. The van der Waals surface area contributed by atoms with Gasteiger partial charge in [0, 0.05) is 25.8 Å². The lowest BCUT2D eigenvalue weighted by molar-refractivity contribution is -0.154. The van der Waals surface area contributed by atoms with Crippen LogP contribution in [0, 0.1) is 5.82 Å². The minimum Gasteiger partial charge on any atom is -0.388 e. The molecule has 120 valence electrons. The Balaban J connectivity index is 2.04. The molecular formula is C16H20FNO4. The Bertz CT molecular complexity index is 549. The van der Waals surface area contributed by atoms with E-state index in [1.54, 1.807) is 25.2 Å². The first-order valence-corrected chi connectivity index (χ1v) is 7.02. The molecule has 0 spiro atoms. The van der Waals surface area contributed by atoms with Gasteiger partial charge in [-0.2, -0.15) is 0 Å². The molecule has 0 bridgehead atoms. The summed E-state index contributed by atoms with van der Waals surface area (Å²) < 4.78 is 24.0. The van der Waals surface area contributed by atoms with Crippen LogP contribution in [0.15, 0.2) is 30.3 Å². The molecule has 5 nitrogen and oxygen atoms in total. The second-order valence-corrected chi connectivity index (χ2v) is 5.17. The minimum absolute atomic E-state index is 0.233. The Morgan fingerprint density at radius 3 is 2.86 bits per heavy atom. The molecule has 1 N–H and O–H groups in total. The van der Waals surface area contributed by atoms with E-state index in [4.69, 9.17) is 9.47 Å². The summed E-state index contributed by atoms with van der Waals surface area (Å²) in [6.45, 7) is 0.526. The zero-order valence-corrected chi connectivity index (χ0v) is 12.6. The topological polar surface area (TPSA) is 59.0 Å². The maximum absolute atomic E-state index is 13.5. The molecule has 0 saturated carbocycles. The standard InChI is InChI=1S/C16H20FNO4/c1-18(13-9-22-10-14(21-2)16(13)20)15(19)8-7-11-5-3-4-6-12(11)17/h3-8,13-14,16,20H,9-10H2,1-2H3/b8-7+/t13-,14-,16+/m1/s1. The number of nitrogens with zero attached hydrogens (tertiary/aromatic N) is 1. The fraction of sp³-hybridized carbons (Fsp3) is 0.438. The van der Waals surface area contributed by atoms with Crippen molar-refractivity contribution < 1.29 is 23.8 Å². The average Bonchev–Trinajstić information content (AvgIpc) is 2.53. The van der Waals surface area contributed by atoms with E-state index >= 15 is 0 Å². The predicted molar refractivity (Wildman–Crippen MR) is 79.6 cm³/mol. The molecule has 2 rings (SSSR count). The summed E-state index contributed by atoms with van der Waals surface area (Å²) in [7, 11) is 3.06. The van der Waals surface area contributed by atoms with Crippen LogP contribution in [0.1, 0.15) is 5.56 Å². The molecule has 1 amide bonds. The lowest BCUT2D eigenvalue weighted by Crippen LogP contribution is -2.56. The number of aliphatic hydroxyl groups is 1. The van der Waals surface area contributed by atoms with Crippen LogP contribution >= 0.6 is 0 Å². The molecule has 1 fully saturated rings. The van der Waals surface area contributed by atoms with Crippen LogP contribution in [-0.4, -0.2) is 61.5 Å². The van der Waals surface area contributed by atoms with E-state index in [-0.39, 0.29) is 12.5 Å². The van der Waals surface area contributed by atoms with E-state index in [0.29, 0.717) is 12.2 Å². The third-order valence-corrected chi connectivity index (χ3v) is 3.80. The third-order valence-electron chi connectivity index (χ3n) is 3.80. The van der Waals surface area contributed by atoms with Crippen molar-refractivity contribution in [1.82, 2.24) is 4.90 Å². The predicted octanol–water partition coefficient (Wildman–Crippen LogP) is 1.07. The molecule has 0 aliphatic carbocycles. The van der Waals surface area contributed by atoms with E-state index in [1.807, 2.05) is 0 Å². The van der Waals surface area contributed by atoms with Crippen molar-refractivity contribution in [2.75, 3.05) is 27.4 Å². The van der Waals surface area contributed by atoms with Crippen molar-refractivity contribution in [3.8, 4) is 0 Å². The summed E-state index contributed by atoms with van der Waals surface area (Å²) in [5.74, 6) is -0.734. The first-order valence-electron chi connectivity index (χ1n) is 7.02. The average molecular weight is 309 g/mol. The Kier molecular flexibility index (Phi) is 5.65. The number of hydrogen-bond acceptors (Lipinski definition) is 4. The van der Waals surface area contributed by atoms with Gasteiger partial charge in [0.15, 0.2) is 0 Å². The van der Waals surface area contributed by atoms with Crippen molar-refractivity contribution in [2.24, 2.45) is 0 Å². The highest BCUT2D eigenvalue weighted by molar-refractivity contribution is 5.91. The number of halogens is 1. The van der Waals surface area contributed by atoms with Crippen LogP contribution in [0.4, 0.5) is 4.39 Å². The summed E-state index contributed by atoms with van der Waals surface area (Å²) in [5, 5.41) is 10.2. The normalized spacial score (nSPS) is 25.4. The lowest BCUT2D eigenvalue weighted by atomic mass is 10.0. The van der Waals surface area contributed by atoms with Crippen molar-refractivity contribution >= 4 is 12.0 Å². The Hall–Kier alpha value is -1.76. The van der Waals surface area contributed by atoms with Gasteiger partial charge in [0.1, 0.15) is 18.0 Å². The fourth-order valence-electron chi connectivity index (χ4n) is 2.35. The van der Waals surface area contributed by atoms with Crippen molar-refractivity contribution in [3.63, 3.8) is 0 Å². The third kappa shape index (κ3) is 3.71. The molecule has 0 radical (unpaired) electrons. The summed E-state index contributed by atoms with van der Waals surface area (Å²) in [5.41, 5.74) is 0.333. The van der Waals surface area contributed by atoms with E-state index in [9.17, 15) is 14.3 Å². The van der Waals surface area contributed by atoms with Crippen LogP contribution < -0.4 is 0 Å². The number of benzene rings is 1. The molecule has 1 heterocycles. The second-order valence-electron chi connectivity index (χ2n) is 5.17. The summed E-state index contributed by atoms with van der Waals surface area (Å²) >= 11 is 0. The smallest absolute Gasteiger partial charge is 0.246 e. The van der Waals surface area contributed by atoms with Gasteiger partial charge < -0.3 is 19.5 Å². The van der Waals surface area contributed by atoms with E-state index in [2.05, 4.69) is 0 Å². The van der Waals surface area contributed by atoms with Crippen LogP contribution in [0.2, 0.25) is 0 Å². The van der Waals surface area contributed by atoms with Gasteiger partial charge in [-0.15, -0.1) is 0 Å². The maximum Gasteiger partial charge on any atom is 0.246 e. The Labute approximate surface area is 128 Å². The van der Waals surface area contributed by atoms with Gasteiger partial charge in [-0.25, -0.2) is 4.39 Å². The zero-order valence-electron chi connectivity index (χ0n) is 12.6. The lowest BCUT2D eigenvalue weighted by Gasteiger charge is -2.38. The van der Waals surface area contributed by atoms with Crippen LogP contribution in [-0.2, 0) is 14.3 Å². The van der Waals surface area contributed by atoms with E-state index in [1.165, 1.54) is 30.2 Å². The summed E-state index contributed by atoms with van der Waals surface area (Å²) in [4.78, 5) is 13.6. The highest BCUT2D eigenvalue weighted by Gasteiger charge is 2.36. The van der Waals surface area contributed by atoms with Gasteiger partial charge in [-0.05, 0) is 12.1 Å². The molecule has 1 aromatic rings. The summed E-state index contributed by atoms with van der Waals surface area (Å²) in [6, 6.07) is 5.69.